The van der Waals surface area contributed by atoms with Crippen LogP contribution in [0.1, 0.15) is 22.6 Å². The Hall–Kier alpha value is -2.07. The fourth-order valence-electron chi connectivity index (χ4n) is 2.08. The van der Waals surface area contributed by atoms with E-state index in [1.807, 2.05) is 37.4 Å². The Morgan fingerprint density at radius 1 is 1.19 bits per heavy atom. The van der Waals surface area contributed by atoms with E-state index in [-0.39, 0.29) is 0 Å². The molecule has 0 saturated carbocycles. The van der Waals surface area contributed by atoms with Crippen LogP contribution >= 0.6 is 11.3 Å². The lowest BCUT2D eigenvalue weighted by Crippen LogP contribution is -1.99. The number of oxazole rings is 1. The molecule has 21 heavy (non-hydrogen) atoms. The molecule has 3 rings (SSSR count). The van der Waals surface area contributed by atoms with Crippen LogP contribution in [0.4, 0.5) is 0 Å². The quantitative estimate of drug-likeness (QED) is 0.686. The molecule has 0 aliphatic carbocycles. The van der Waals surface area contributed by atoms with E-state index in [9.17, 15) is 0 Å². The minimum atomic E-state index is 0.422. The highest BCUT2D eigenvalue weighted by Gasteiger charge is 2.13. The third-order valence-corrected chi connectivity index (χ3v) is 4.19. The van der Waals surface area contributed by atoms with E-state index >= 15 is 0 Å². The summed E-state index contributed by atoms with van der Waals surface area (Å²) in [7, 11) is 0. The van der Waals surface area contributed by atoms with Gasteiger partial charge in [0.25, 0.3) is 0 Å². The summed E-state index contributed by atoms with van der Waals surface area (Å²) >= 11 is 1.62. The second-order valence-corrected chi connectivity index (χ2v) is 6.00. The van der Waals surface area contributed by atoms with Crippen molar-refractivity contribution in [2.24, 2.45) is 0 Å². The molecule has 3 nitrogen and oxygen atoms in total. The number of rotatable bonds is 4. The Kier molecular flexibility index (Phi) is 3.80. The molecule has 0 fully saturated rings. The normalized spacial score (nSPS) is 10.8. The zero-order chi connectivity index (χ0) is 14.8. The molecule has 2 aromatic heterocycles. The molecular weight excluding hydrogens is 282 g/mol. The van der Waals surface area contributed by atoms with Crippen LogP contribution in [0.3, 0.4) is 0 Å². The van der Waals surface area contributed by atoms with E-state index in [1.54, 1.807) is 11.3 Å². The molecule has 0 aliphatic heterocycles. The molecule has 0 atom stereocenters. The van der Waals surface area contributed by atoms with E-state index < -0.39 is 0 Å². The smallest absolute Gasteiger partial charge is 0.236 e. The van der Waals surface area contributed by atoms with Crippen molar-refractivity contribution in [2.45, 2.75) is 27.4 Å². The van der Waals surface area contributed by atoms with E-state index in [0.717, 1.165) is 27.6 Å². The van der Waals surface area contributed by atoms with Crippen LogP contribution in [-0.2, 0) is 6.61 Å². The lowest BCUT2D eigenvalue weighted by Gasteiger charge is -2.08. The minimum Gasteiger partial charge on any atom is -0.487 e. The van der Waals surface area contributed by atoms with Gasteiger partial charge in [-0.3, -0.25) is 0 Å². The Morgan fingerprint density at radius 2 is 2.05 bits per heavy atom. The summed E-state index contributed by atoms with van der Waals surface area (Å²) in [5, 5.41) is 2.02. The van der Waals surface area contributed by atoms with Crippen molar-refractivity contribution in [1.29, 1.82) is 0 Å². The number of hydrogen-bond acceptors (Lipinski definition) is 4. The largest absolute Gasteiger partial charge is 0.487 e. The second-order valence-electron chi connectivity index (χ2n) is 5.06. The zero-order valence-corrected chi connectivity index (χ0v) is 13.2. The van der Waals surface area contributed by atoms with Crippen molar-refractivity contribution in [3.8, 4) is 16.5 Å². The van der Waals surface area contributed by atoms with E-state index in [1.165, 1.54) is 5.56 Å². The van der Waals surface area contributed by atoms with Crippen LogP contribution in [0.5, 0.6) is 5.75 Å². The SMILES string of the molecule is Cc1ccc(C)c(OCc2nc(-c3cccs3)oc2C)c1. The van der Waals surface area contributed by atoms with Crippen LogP contribution in [0.2, 0.25) is 0 Å². The molecule has 0 aliphatic rings. The zero-order valence-electron chi connectivity index (χ0n) is 12.3. The number of thiophene rings is 1. The molecule has 0 unspecified atom stereocenters. The first-order valence-electron chi connectivity index (χ1n) is 6.84. The molecule has 1 aromatic carbocycles. The van der Waals surface area contributed by atoms with Gasteiger partial charge in [0.1, 0.15) is 23.8 Å². The predicted molar refractivity (Wildman–Crippen MR) is 84.8 cm³/mol. The van der Waals surface area contributed by atoms with Crippen molar-refractivity contribution in [3.05, 3.63) is 58.3 Å². The third kappa shape index (κ3) is 3.00. The summed E-state index contributed by atoms with van der Waals surface area (Å²) in [5.74, 6) is 2.38. The molecule has 0 N–H and O–H groups in total. The van der Waals surface area contributed by atoms with Crippen LogP contribution in [0, 0.1) is 20.8 Å². The van der Waals surface area contributed by atoms with Crippen molar-refractivity contribution >= 4 is 11.3 Å². The van der Waals surface area contributed by atoms with E-state index in [0.29, 0.717) is 12.5 Å². The average Bonchev–Trinajstić information content (AvgIpc) is 3.09. The van der Waals surface area contributed by atoms with Crippen LogP contribution < -0.4 is 4.74 Å². The van der Waals surface area contributed by atoms with Crippen LogP contribution in [0.15, 0.2) is 40.1 Å². The topological polar surface area (TPSA) is 35.3 Å². The van der Waals surface area contributed by atoms with Crippen molar-refractivity contribution < 1.29 is 9.15 Å². The van der Waals surface area contributed by atoms with E-state index in [2.05, 4.69) is 24.0 Å². The van der Waals surface area contributed by atoms with Gasteiger partial charge in [0.05, 0.1) is 4.88 Å². The minimum absolute atomic E-state index is 0.422. The number of hydrogen-bond donors (Lipinski definition) is 0. The van der Waals surface area contributed by atoms with Gasteiger partial charge in [-0.1, -0.05) is 18.2 Å². The molecule has 4 heteroatoms. The molecule has 0 bridgehead atoms. The first-order valence-corrected chi connectivity index (χ1v) is 7.71. The first-order chi connectivity index (χ1) is 10.1. The second kappa shape index (κ2) is 5.74. The maximum atomic E-state index is 5.90. The van der Waals surface area contributed by atoms with Crippen LogP contribution in [0.25, 0.3) is 10.8 Å². The number of ether oxygens (including phenoxy) is 1. The monoisotopic (exact) mass is 299 g/mol. The fraction of sp³-hybridized carbons (Fsp3) is 0.235. The van der Waals surface area contributed by atoms with Crippen molar-refractivity contribution in [3.63, 3.8) is 0 Å². The number of nitrogens with zero attached hydrogens (tertiary/aromatic N) is 1. The summed E-state index contributed by atoms with van der Waals surface area (Å²) in [4.78, 5) is 5.58. The Morgan fingerprint density at radius 3 is 2.81 bits per heavy atom. The first kappa shape index (κ1) is 13.9. The van der Waals surface area contributed by atoms with Crippen molar-refractivity contribution in [1.82, 2.24) is 4.98 Å². The fourth-order valence-corrected chi connectivity index (χ4v) is 2.73. The van der Waals surface area contributed by atoms with Gasteiger partial charge >= 0.3 is 0 Å². The number of benzene rings is 1. The maximum absolute atomic E-state index is 5.90. The van der Waals surface area contributed by atoms with E-state index in [4.69, 9.17) is 9.15 Å². The van der Waals surface area contributed by atoms with Crippen LogP contribution in [-0.4, -0.2) is 4.98 Å². The standard InChI is InChI=1S/C17H17NO2S/c1-11-6-7-12(2)15(9-11)19-10-14-13(3)20-17(18-14)16-5-4-8-21-16/h4-9H,10H2,1-3H3. The van der Waals surface area contributed by atoms with Crippen molar-refractivity contribution in [2.75, 3.05) is 0 Å². The maximum Gasteiger partial charge on any atom is 0.236 e. The van der Waals surface area contributed by atoms with Gasteiger partial charge in [-0.25, -0.2) is 4.98 Å². The summed E-state index contributed by atoms with van der Waals surface area (Å²) in [5.41, 5.74) is 3.16. The van der Waals surface area contributed by atoms with Gasteiger partial charge in [0.2, 0.25) is 5.89 Å². The third-order valence-electron chi connectivity index (χ3n) is 3.33. The molecular formula is C17H17NO2S. The van der Waals surface area contributed by atoms with Gasteiger partial charge in [0, 0.05) is 0 Å². The highest BCUT2D eigenvalue weighted by molar-refractivity contribution is 7.13. The van der Waals surface area contributed by atoms with Gasteiger partial charge in [-0.15, -0.1) is 11.3 Å². The summed E-state index contributed by atoms with van der Waals surface area (Å²) in [6, 6.07) is 10.2. The Bertz CT molecular complexity index is 744. The number of aromatic nitrogens is 1. The predicted octanol–water partition coefficient (Wildman–Crippen LogP) is 4.91. The molecule has 0 radical (unpaired) electrons. The summed E-state index contributed by atoms with van der Waals surface area (Å²) < 4.78 is 11.6. The molecule has 0 spiro atoms. The van der Waals surface area contributed by atoms with Gasteiger partial charge in [-0.2, -0.15) is 0 Å². The highest BCUT2D eigenvalue weighted by atomic mass is 32.1. The molecule has 3 aromatic rings. The molecule has 0 saturated heterocycles. The summed E-state index contributed by atoms with van der Waals surface area (Å²) in [6.07, 6.45) is 0. The highest BCUT2D eigenvalue weighted by Crippen LogP contribution is 2.27. The van der Waals surface area contributed by atoms with Gasteiger partial charge in [0.15, 0.2) is 0 Å². The Labute approximate surface area is 128 Å². The lowest BCUT2D eigenvalue weighted by molar-refractivity contribution is 0.297. The Balaban J connectivity index is 1.78. The molecule has 0 amide bonds. The lowest BCUT2D eigenvalue weighted by atomic mass is 10.1. The summed E-state index contributed by atoms with van der Waals surface area (Å²) in [6.45, 7) is 6.45. The number of aryl methyl sites for hydroxylation is 3. The average molecular weight is 299 g/mol. The van der Waals surface area contributed by atoms with Gasteiger partial charge < -0.3 is 9.15 Å². The molecule has 108 valence electrons. The molecule has 2 heterocycles. The van der Waals surface area contributed by atoms with Gasteiger partial charge in [-0.05, 0) is 49.4 Å².